The molecule has 1 unspecified atom stereocenters. The number of hydrogen-bond donors (Lipinski definition) is 1. The van der Waals surface area contributed by atoms with Crippen molar-refractivity contribution < 1.29 is 4.39 Å². The molecule has 34 heavy (non-hydrogen) atoms. The maximum Gasteiger partial charge on any atom is 0.264 e. The summed E-state index contributed by atoms with van der Waals surface area (Å²) in [7, 11) is 0. The van der Waals surface area contributed by atoms with Gasteiger partial charge in [0.2, 0.25) is 0 Å². The van der Waals surface area contributed by atoms with Crippen LogP contribution in [-0.2, 0) is 0 Å². The van der Waals surface area contributed by atoms with Crippen molar-refractivity contribution in [2.45, 2.75) is 38.3 Å². The van der Waals surface area contributed by atoms with Crippen LogP contribution >= 0.6 is 0 Å². The smallest absolute Gasteiger partial charge is 0.264 e. The lowest BCUT2D eigenvalue weighted by atomic mass is 10.1. The zero-order chi connectivity index (χ0) is 23.4. The summed E-state index contributed by atoms with van der Waals surface area (Å²) in [6, 6.07) is 13.8. The van der Waals surface area contributed by atoms with Crippen molar-refractivity contribution in [3.8, 4) is 11.3 Å². The maximum atomic E-state index is 14.6. The first-order valence-corrected chi connectivity index (χ1v) is 11.3. The van der Waals surface area contributed by atoms with Crippen molar-refractivity contribution in [3.05, 3.63) is 76.9 Å². The summed E-state index contributed by atoms with van der Waals surface area (Å²) >= 11 is 0. The molecule has 1 aliphatic rings. The minimum absolute atomic E-state index is 0.00294. The standard InChI is InChI=1S/C25H22FN7O/c1-2-18(23-30-17-10-6-9-16(26)19(17)25(34)32(23)15-11-12-15)33-24-20(22(27)28-13-29-24)21(31-33)14-7-4-3-5-8-14/h3-10,13,15,18H,2,11-12H2,1H3,(H2,27,28,29). The third-order valence-electron chi connectivity index (χ3n) is 6.36. The van der Waals surface area contributed by atoms with Crippen molar-refractivity contribution in [3.63, 3.8) is 0 Å². The van der Waals surface area contributed by atoms with Gasteiger partial charge in [0.05, 0.1) is 10.9 Å². The van der Waals surface area contributed by atoms with Gasteiger partial charge >= 0.3 is 0 Å². The van der Waals surface area contributed by atoms with Gasteiger partial charge in [0.1, 0.15) is 40.9 Å². The summed E-state index contributed by atoms with van der Waals surface area (Å²) < 4.78 is 18.0. The van der Waals surface area contributed by atoms with Crippen LogP contribution in [0.2, 0.25) is 0 Å². The number of rotatable bonds is 5. The van der Waals surface area contributed by atoms with Crippen LogP contribution in [0.15, 0.2) is 59.7 Å². The van der Waals surface area contributed by atoms with Crippen LogP contribution in [0.5, 0.6) is 0 Å². The Morgan fingerprint density at radius 3 is 2.62 bits per heavy atom. The Kier molecular flexibility index (Phi) is 4.65. The minimum Gasteiger partial charge on any atom is -0.383 e. The largest absolute Gasteiger partial charge is 0.383 e. The van der Waals surface area contributed by atoms with Gasteiger partial charge < -0.3 is 5.73 Å². The summed E-state index contributed by atoms with van der Waals surface area (Å²) in [4.78, 5) is 27.0. The van der Waals surface area contributed by atoms with E-state index < -0.39 is 11.9 Å². The lowest BCUT2D eigenvalue weighted by Gasteiger charge is -2.21. The predicted octanol–water partition coefficient (Wildman–Crippen LogP) is 4.26. The number of nitrogen functional groups attached to an aromatic ring is 1. The molecule has 2 N–H and O–H groups in total. The first-order chi connectivity index (χ1) is 16.6. The average molecular weight is 455 g/mol. The van der Waals surface area contributed by atoms with Crippen LogP contribution in [0.25, 0.3) is 33.2 Å². The number of hydrogen-bond acceptors (Lipinski definition) is 6. The molecule has 1 atom stereocenters. The fourth-order valence-corrected chi connectivity index (χ4v) is 4.62. The molecule has 1 fully saturated rings. The third-order valence-corrected chi connectivity index (χ3v) is 6.36. The molecule has 3 heterocycles. The van der Waals surface area contributed by atoms with Gasteiger partial charge in [-0.3, -0.25) is 9.36 Å². The molecule has 170 valence electrons. The van der Waals surface area contributed by atoms with Crippen LogP contribution in [0.1, 0.15) is 44.1 Å². The highest BCUT2D eigenvalue weighted by atomic mass is 19.1. The third kappa shape index (κ3) is 3.07. The molecule has 0 spiro atoms. The van der Waals surface area contributed by atoms with Gasteiger partial charge in [-0.25, -0.2) is 24.0 Å². The maximum absolute atomic E-state index is 14.6. The van der Waals surface area contributed by atoms with E-state index in [1.54, 1.807) is 21.4 Å². The van der Waals surface area contributed by atoms with Crippen LogP contribution in [-0.4, -0.2) is 29.3 Å². The zero-order valence-electron chi connectivity index (χ0n) is 18.5. The van der Waals surface area contributed by atoms with Crippen molar-refractivity contribution >= 4 is 27.8 Å². The van der Waals surface area contributed by atoms with Crippen molar-refractivity contribution in [2.75, 3.05) is 5.73 Å². The molecule has 0 saturated heterocycles. The Labute approximate surface area is 193 Å². The van der Waals surface area contributed by atoms with Gasteiger partial charge in [0, 0.05) is 11.6 Å². The minimum atomic E-state index is -0.555. The summed E-state index contributed by atoms with van der Waals surface area (Å²) in [6.45, 7) is 2.00. The number of halogens is 1. The molecule has 9 heteroatoms. The normalized spacial score (nSPS) is 14.6. The molecule has 0 radical (unpaired) electrons. The van der Waals surface area contributed by atoms with E-state index in [9.17, 15) is 9.18 Å². The van der Waals surface area contributed by atoms with Gasteiger partial charge in [0.25, 0.3) is 5.56 Å². The van der Waals surface area contributed by atoms with Crippen molar-refractivity contribution in [1.29, 1.82) is 0 Å². The Morgan fingerprint density at radius 1 is 1.09 bits per heavy atom. The summed E-state index contributed by atoms with van der Waals surface area (Å²) in [5.74, 6) is 0.327. The van der Waals surface area contributed by atoms with E-state index in [0.717, 1.165) is 18.4 Å². The summed E-state index contributed by atoms with van der Waals surface area (Å²) in [6.07, 6.45) is 3.72. The molecule has 0 amide bonds. The number of anilines is 1. The summed E-state index contributed by atoms with van der Waals surface area (Å²) in [5, 5.41) is 5.60. The number of nitrogens with two attached hydrogens (primary N) is 1. The SMILES string of the molecule is CCC(c1nc2cccc(F)c2c(=O)n1C1CC1)n1nc(-c2ccccc2)c2c(N)ncnc21. The molecule has 1 aliphatic carbocycles. The first kappa shape index (κ1) is 20.5. The monoisotopic (exact) mass is 455 g/mol. The topological polar surface area (TPSA) is 105 Å². The number of aromatic nitrogens is 6. The molecular weight excluding hydrogens is 433 g/mol. The van der Waals surface area contributed by atoms with E-state index >= 15 is 0 Å². The van der Waals surface area contributed by atoms with Crippen LogP contribution in [0.4, 0.5) is 10.2 Å². The van der Waals surface area contributed by atoms with Gasteiger partial charge in [-0.2, -0.15) is 5.10 Å². The molecular formula is C25H22FN7O. The van der Waals surface area contributed by atoms with Gasteiger partial charge in [0.15, 0.2) is 5.65 Å². The summed E-state index contributed by atoms with van der Waals surface area (Å²) in [5.41, 5.74) is 8.37. The lowest BCUT2D eigenvalue weighted by Crippen LogP contribution is -2.29. The Hall–Kier alpha value is -4.14. The average Bonchev–Trinajstić information content (AvgIpc) is 3.60. The highest BCUT2D eigenvalue weighted by molar-refractivity contribution is 5.98. The fourth-order valence-electron chi connectivity index (χ4n) is 4.62. The van der Waals surface area contributed by atoms with E-state index in [1.807, 2.05) is 37.3 Å². The Morgan fingerprint density at radius 2 is 1.88 bits per heavy atom. The van der Waals surface area contributed by atoms with E-state index in [-0.39, 0.29) is 17.0 Å². The molecule has 0 bridgehead atoms. The quantitative estimate of drug-likeness (QED) is 0.425. The lowest BCUT2D eigenvalue weighted by molar-refractivity contribution is 0.461. The van der Waals surface area contributed by atoms with Gasteiger partial charge in [-0.05, 0) is 31.4 Å². The van der Waals surface area contributed by atoms with Crippen LogP contribution < -0.4 is 11.3 Å². The number of fused-ring (bicyclic) bond motifs is 2. The second kappa shape index (κ2) is 7.72. The van der Waals surface area contributed by atoms with E-state index in [0.29, 0.717) is 40.3 Å². The van der Waals surface area contributed by atoms with E-state index in [1.165, 1.54) is 12.4 Å². The molecule has 5 aromatic rings. The predicted molar refractivity (Wildman–Crippen MR) is 128 cm³/mol. The Balaban J connectivity index is 1.65. The van der Waals surface area contributed by atoms with E-state index in [4.69, 9.17) is 15.8 Å². The second-order valence-electron chi connectivity index (χ2n) is 8.55. The molecule has 3 aromatic heterocycles. The molecule has 1 saturated carbocycles. The van der Waals surface area contributed by atoms with Crippen LogP contribution in [0.3, 0.4) is 0 Å². The number of benzene rings is 2. The number of nitrogens with zero attached hydrogens (tertiary/aromatic N) is 6. The zero-order valence-corrected chi connectivity index (χ0v) is 18.5. The van der Waals surface area contributed by atoms with E-state index in [2.05, 4.69) is 9.97 Å². The highest BCUT2D eigenvalue weighted by Crippen LogP contribution is 2.39. The Bertz CT molecular complexity index is 1610. The molecule has 8 nitrogen and oxygen atoms in total. The van der Waals surface area contributed by atoms with Gasteiger partial charge in [-0.1, -0.05) is 43.3 Å². The molecule has 0 aliphatic heterocycles. The highest BCUT2D eigenvalue weighted by Gasteiger charge is 2.33. The first-order valence-electron chi connectivity index (χ1n) is 11.3. The molecule has 6 rings (SSSR count). The van der Waals surface area contributed by atoms with Crippen molar-refractivity contribution in [1.82, 2.24) is 29.3 Å². The van der Waals surface area contributed by atoms with Crippen LogP contribution in [0, 0.1) is 5.82 Å². The van der Waals surface area contributed by atoms with Crippen molar-refractivity contribution in [2.24, 2.45) is 0 Å². The van der Waals surface area contributed by atoms with Gasteiger partial charge in [-0.15, -0.1) is 0 Å². The fraction of sp³-hybridized carbons (Fsp3) is 0.240. The second-order valence-corrected chi connectivity index (χ2v) is 8.55. The molecule has 2 aromatic carbocycles.